The number of anilines is 1. The first-order valence-electron chi connectivity index (χ1n) is 6.19. The lowest BCUT2D eigenvalue weighted by atomic mass is 10.1. The Morgan fingerprint density at radius 3 is 2.65 bits per heavy atom. The van der Waals surface area contributed by atoms with Crippen LogP contribution in [0, 0.1) is 0 Å². The largest absolute Gasteiger partial charge is 0.372 e. The SMILES string of the molecule is CCc1nc(-c2cccc(C(F)F)c2)nc(NC)c1Br. The number of hydrogen-bond acceptors (Lipinski definition) is 3. The normalized spacial score (nSPS) is 10.9. The Hall–Kier alpha value is -1.56. The number of aromatic nitrogens is 2. The standard InChI is InChI=1S/C14H14BrF2N3/c1-3-10-11(15)14(18-2)20-13(19-10)9-6-4-5-8(7-9)12(16)17/h4-7,12H,3H2,1-2H3,(H,18,19,20). The summed E-state index contributed by atoms with van der Waals surface area (Å²) in [7, 11) is 1.76. The van der Waals surface area contributed by atoms with Crippen molar-refractivity contribution in [1.82, 2.24) is 9.97 Å². The van der Waals surface area contributed by atoms with Gasteiger partial charge < -0.3 is 5.32 Å². The zero-order valence-electron chi connectivity index (χ0n) is 11.1. The second-order valence-corrected chi connectivity index (χ2v) is 4.98. The van der Waals surface area contributed by atoms with Gasteiger partial charge in [0.1, 0.15) is 5.82 Å². The average Bonchev–Trinajstić information content (AvgIpc) is 2.47. The molecule has 0 bridgehead atoms. The molecule has 0 spiro atoms. The minimum Gasteiger partial charge on any atom is -0.372 e. The predicted molar refractivity (Wildman–Crippen MR) is 79.0 cm³/mol. The van der Waals surface area contributed by atoms with Crippen LogP contribution in [-0.4, -0.2) is 17.0 Å². The van der Waals surface area contributed by atoms with E-state index in [9.17, 15) is 8.78 Å². The Morgan fingerprint density at radius 2 is 2.05 bits per heavy atom. The minimum absolute atomic E-state index is 0.0296. The van der Waals surface area contributed by atoms with Crippen LogP contribution in [0.3, 0.4) is 0 Å². The van der Waals surface area contributed by atoms with Crippen LogP contribution in [-0.2, 0) is 6.42 Å². The molecular formula is C14H14BrF2N3. The van der Waals surface area contributed by atoms with Crippen molar-refractivity contribution in [3.63, 3.8) is 0 Å². The Balaban J connectivity index is 2.54. The molecule has 0 aliphatic carbocycles. The number of halogens is 3. The molecule has 0 radical (unpaired) electrons. The highest BCUT2D eigenvalue weighted by atomic mass is 79.9. The lowest BCUT2D eigenvalue weighted by Gasteiger charge is -2.10. The van der Waals surface area contributed by atoms with E-state index >= 15 is 0 Å². The summed E-state index contributed by atoms with van der Waals surface area (Å²) in [5.41, 5.74) is 1.39. The predicted octanol–water partition coefficient (Wildman–Crippen LogP) is 4.45. The van der Waals surface area contributed by atoms with E-state index in [2.05, 4.69) is 31.2 Å². The first kappa shape index (κ1) is 14.8. The van der Waals surface area contributed by atoms with E-state index in [1.54, 1.807) is 19.2 Å². The maximum Gasteiger partial charge on any atom is 0.263 e. The highest BCUT2D eigenvalue weighted by Crippen LogP contribution is 2.29. The van der Waals surface area contributed by atoms with E-state index in [1.165, 1.54) is 12.1 Å². The van der Waals surface area contributed by atoms with E-state index in [0.29, 0.717) is 17.2 Å². The number of hydrogen-bond donors (Lipinski definition) is 1. The van der Waals surface area contributed by atoms with E-state index < -0.39 is 6.43 Å². The third-order valence-electron chi connectivity index (χ3n) is 2.89. The van der Waals surface area contributed by atoms with Gasteiger partial charge >= 0.3 is 0 Å². The average molecular weight is 342 g/mol. The van der Waals surface area contributed by atoms with Crippen LogP contribution in [0.4, 0.5) is 14.6 Å². The van der Waals surface area contributed by atoms with Gasteiger partial charge in [-0.25, -0.2) is 18.7 Å². The van der Waals surface area contributed by atoms with Crippen molar-refractivity contribution in [2.75, 3.05) is 12.4 Å². The quantitative estimate of drug-likeness (QED) is 0.892. The summed E-state index contributed by atoms with van der Waals surface area (Å²) < 4.78 is 26.3. The van der Waals surface area contributed by atoms with Gasteiger partial charge in [-0.1, -0.05) is 25.1 Å². The van der Waals surface area contributed by atoms with Crippen LogP contribution in [0.25, 0.3) is 11.4 Å². The summed E-state index contributed by atoms with van der Waals surface area (Å²) in [6.07, 6.45) is -1.78. The summed E-state index contributed by atoms with van der Waals surface area (Å²) in [4.78, 5) is 8.78. The van der Waals surface area contributed by atoms with Crippen LogP contribution < -0.4 is 5.32 Å². The van der Waals surface area contributed by atoms with Crippen molar-refractivity contribution in [3.05, 3.63) is 40.0 Å². The molecule has 0 saturated carbocycles. The Morgan fingerprint density at radius 1 is 1.30 bits per heavy atom. The fourth-order valence-electron chi connectivity index (χ4n) is 1.84. The van der Waals surface area contributed by atoms with Gasteiger partial charge in [0.2, 0.25) is 0 Å². The maximum atomic E-state index is 12.8. The second kappa shape index (κ2) is 6.26. The summed E-state index contributed by atoms with van der Waals surface area (Å²) >= 11 is 3.44. The topological polar surface area (TPSA) is 37.8 Å². The lowest BCUT2D eigenvalue weighted by molar-refractivity contribution is 0.151. The van der Waals surface area contributed by atoms with Crippen LogP contribution in [0.5, 0.6) is 0 Å². The molecule has 2 aromatic rings. The van der Waals surface area contributed by atoms with Gasteiger partial charge in [0.05, 0.1) is 10.2 Å². The smallest absolute Gasteiger partial charge is 0.263 e. The number of nitrogens with zero attached hydrogens (tertiary/aromatic N) is 2. The number of rotatable bonds is 4. The highest BCUT2D eigenvalue weighted by Gasteiger charge is 2.13. The van der Waals surface area contributed by atoms with Gasteiger partial charge in [0, 0.05) is 18.2 Å². The second-order valence-electron chi connectivity index (χ2n) is 4.19. The van der Waals surface area contributed by atoms with Gasteiger partial charge in [-0.05, 0) is 28.4 Å². The Labute approximate surface area is 124 Å². The molecule has 1 heterocycles. The lowest BCUT2D eigenvalue weighted by Crippen LogP contribution is -2.03. The van der Waals surface area contributed by atoms with Gasteiger partial charge in [0.15, 0.2) is 5.82 Å². The molecule has 0 fully saturated rings. The van der Waals surface area contributed by atoms with Crippen LogP contribution >= 0.6 is 15.9 Å². The minimum atomic E-state index is -2.50. The van der Waals surface area contributed by atoms with E-state index in [-0.39, 0.29) is 5.56 Å². The van der Waals surface area contributed by atoms with Gasteiger partial charge in [-0.15, -0.1) is 0 Å². The number of nitrogens with one attached hydrogen (secondary N) is 1. The third-order valence-corrected chi connectivity index (χ3v) is 3.72. The molecule has 0 saturated heterocycles. The van der Waals surface area contributed by atoms with Gasteiger partial charge in [0.25, 0.3) is 6.43 Å². The van der Waals surface area contributed by atoms with Crippen molar-refractivity contribution < 1.29 is 8.78 Å². The Kier molecular flexibility index (Phi) is 4.65. The number of aryl methyl sites for hydroxylation is 1. The number of alkyl halides is 2. The molecule has 0 aliphatic rings. The summed E-state index contributed by atoms with van der Waals surface area (Å²) in [6.45, 7) is 1.98. The highest BCUT2D eigenvalue weighted by molar-refractivity contribution is 9.10. The summed E-state index contributed by atoms with van der Waals surface area (Å²) in [6, 6.07) is 6.14. The van der Waals surface area contributed by atoms with Crippen molar-refractivity contribution in [1.29, 1.82) is 0 Å². The van der Waals surface area contributed by atoms with Crippen LogP contribution in [0.2, 0.25) is 0 Å². The summed E-state index contributed by atoms with van der Waals surface area (Å²) in [5, 5.41) is 2.97. The van der Waals surface area contributed by atoms with Crippen LogP contribution in [0.1, 0.15) is 24.6 Å². The molecule has 1 aromatic heterocycles. The molecule has 0 aliphatic heterocycles. The first-order chi connectivity index (χ1) is 9.56. The molecule has 106 valence electrons. The van der Waals surface area contributed by atoms with Crippen molar-refractivity contribution >= 4 is 21.7 Å². The molecule has 1 aromatic carbocycles. The monoisotopic (exact) mass is 341 g/mol. The van der Waals surface area contributed by atoms with Crippen molar-refractivity contribution in [2.45, 2.75) is 19.8 Å². The van der Waals surface area contributed by atoms with Crippen LogP contribution in [0.15, 0.2) is 28.7 Å². The van der Waals surface area contributed by atoms with Gasteiger partial charge in [-0.2, -0.15) is 0 Å². The van der Waals surface area contributed by atoms with Gasteiger partial charge in [-0.3, -0.25) is 0 Å². The molecule has 0 atom stereocenters. The molecule has 1 N–H and O–H groups in total. The van der Waals surface area contributed by atoms with E-state index in [1.807, 2.05) is 6.92 Å². The molecule has 6 heteroatoms. The zero-order valence-corrected chi connectivity index (χ0v) is 12.7. The molecule has 2 rings (SSSR count). The third kappa shape index (κ3) is 2.95. The first-order valence-corrected chi connectivity index (χ1v) is 6.98. The molecule has 3 nitrogen and oxygen atoms in total. The fraction of sp³-hybridized carbons (Fsp3) is 0.286. The summed E-state index contributed by atoms with van der Waals surface area (Å²) in [5.74, 6) is 1.09. The molecule has 0 amide bonds. The maximum absolute atomic E-state index is 12.8. The molecule has 20 heavy (non-hydrogen) atoms. The molecule has 0 unspecified atom stereocenters. The zero-order chi connectivity index (χ0) is 14.7. The van der Waals surface area contributed by atoms with E-state index in [4.69, 9.17) is 0 Å². The van der Waals surface area contributed by atoms with Crippen molar-refractivity contribution in [3.8, 4) is 11.4 Å². The van der Waals surface area contributed by atoms with E-state index in [0.717, 1.165) is 16.6 Å². The Bertz CT molecular complexity index is 592. The molecular weight excluding hydrogens is 328 g/mol. The fourth-order valence-corrected chi connectivity index (χ4v) is 2.49. The number of benzene rings is 1. The van der Waals surface area contributed by atoms with Crippen molar-refractivity contribution in [2.24, 2.45) is 0 Å².